The first kappa shape index (κ1) is 19.1. The van der Waals surface area contributed by atoms with Gasteiger partial charge in [-0.1, -0.05) is 17.7 Å². The number of carbonyl (C=O) groups excluding carboxylic acids is 1. The fraction of sp³-hybridized carbons (Fsp3) is 0.409. The maximum Gasteiger partial charge on any atom is 0.238 e. The van der Waals surface area contributed by atoms with Crippen molar-refractivity contribution in [3.63, 3.8) is 0 Å². The van der Waals surface area contributed by atoms with Crippen molar-refractivity contribution in [2.45, 2.75) is 32.2 Å². The molecule has 2 heterocycles. The Labute approximate surface area is 170 Å². The van der Waals surface area contributed by atoms with Crippen LogP contribution in [0.3, 0.4) is 0 Å². The van der Waals surface area contributed by atoms with E-state index >= 15 is 0 Å². The van der Waals surface area contributed by atoms with Crippen molar-refractivity contribution in [1.29, 1.82) is 0 Å². The van der Waals surface area contributed by atoms with E-state index in [9.17, 15) is 4.79 Å². The van der Waals surface area contributed by atoms with Crippen molar-refractivity contribution in [1.82, 2.24) is 4.90 Å². The first-order valence-electron chi connectivity index (χ1n) is 9.80. The number of amides is 1. The smallest absolute Gasteiger partial charge is 0.238 e. The molecule has 4 rings (SSSR count). The Morgan fingerprint density at radius 2 is 1.96 bits per heavy atom. The molecule has 1 atom stereocenters. The minimum absolute atomic E-state index is 0.00772. The van der Waals surface area contributed by atoms with Gasteiger partial charge in [0.15, 0.2) is 11.5 Å². The maximum absolute atomic E-state index is 12.6. The number of anilines is 1. The average Bonchev–Trinajstić information content (AvgIpc) is 2.99. The minimum atomic E-state index is -0.00772. The molecule has 0 aromatic heterocycles. The second-order valence-electron chi connectivity index (χ2n) is 7.39. The number of likely N-dealkylation sites (tertiary alicyclic amines) is 1. The third-order valence-electron chi connectivity index (χ3n) is 5.33. The Hall–Kier alpha value is -2.24. The molecule has 148 valence electrons. The highest BCUT2D eigenvalue weighted by Gasteiger charge is 2.28. The molecule has 5 nitrogen and oxygen atoms in total. The molecule has 0 unspecified atom stereocenters. The van der Waals surface area contributed by atoms with Gasteiger partial charge in [0, 0.05) is 23.2 Å². The highest BCUT2D eigenvalue weighted by molar-refractivity contribution is 6.30. The molecular weight excluding hydrogens is 376 g/mol. The van der Waals surface area contributed by atoms with Crippen LogP contribution in [0.5, 0.6) is 11.5 Å². The molecule has 6 heteroatoms. The molecule has 0 saturated carbocycles. The van der Waals surface area contributed by atoms with Crippen LogP contribution in [0.1, 0.15) is 36.4 Å². The lowest BCUT2D eigenvalue weighted by Crippen LogP contribution is -2.33. The lowest BCUT2D eigenvalue weighted by atomic mass is 10.0. The summed E-state index contributed by atoms with van der Waals surface area (Å²) >= 11 is 6.00. The van der Waals surface area contributed by atoms with Crippen molar-refractivity contribution in [2.75, 3.05) is 31.6 Å². The number of hydrogen-bond donors (Lipinski definition) is 1. The number of nitrogens with zero attached hydrogens (tertiary/aromatic N) is 1. The van der Waals surface area contributed by atoms with E-state index in [0.717, 1.165) is 48.6 Å². The van der Waals surface area contributed by atoms with Gasteiger partial charge in [0.1, 0.15) is 0 Å². The standard InChI is InChI=1S/C22H25ClN2O3/c1-15-12-17(23)6-7-18(15)24-22(26)14-25-9-2-4-19(25)16-5-8-20-21(13-16)28-11-3-10-27-20/h5-8,12-13,19H,2-4,9-11,14H2,1H3,(H,24,26)/t19-/m1/s1. The van der Waals surface area contributed by atoms with E-state index < -0.39 is 0 Å². The summed E-state index contributed by atoms with van der Waals surface area (Å²) in [5.41, 5.74) is 2.94. The van der Waals surface area contributed by atoms with Gasteiger partial charge in [-0.05, 0) is 67.8 Å². The van der Waals surface area contributed by atoms with Gasteiger partial charge < -0.3 is 14.8 Å². The van der Waals surface area contributed by atoms with E-state index in [1.807, 2.05) is 25.1 Å². The number of halogens is 1. The largest absolute Gasteiger partial charge is 0.490 e. The molecule has 0 bridgehead atoms. The third kappa shape index (κ3) is 4.26. The highest BCUT2D eigenvalue weighted by Crippen LogP contribution is 2.37. The summed E-state index contributed by atoms with van der Waals surface area (Å²) in [6.45, 7) is 4.57. The van der Waals surface area contributed by atoms with Crippen LogP contribution in [0.2, 0.25) is 5.02 Å². The lowest BCUT2D eigenvalue weighted by molar-refractivity contribution is -0.117. The van der Waals surface area contributed by atoms with Crippen LogP contribution in [0.25, 0.3) is 0 Å². The quantitative estimate of drug-likeness (QED) is 0.815. The predicted molar refractivity (Wildman–Crippen MR) is 110 cm³/mol. The van der Waals surface area contributed by atoms with Gasteiger partial charge in [0.2, 0.25) is 5.91 Å². The summed E-state index contributed by atoms with van der Waals surface area (Å²) in [5.74, 6) is 1.61. The van der Waals surface area contributed by atoms with E-state index in [2.05, 4.69) is 22.3 Å². The van der Waals surface area contributed by atoms with Gasteiger partial charge in [-0.3, -0.25) is 9.69 Å². The first-order chi connectivity index (χ1) is 13.6. The molecule has 2 aromatic rings. The summed E-state index contributed by atoms with van der Waals surface area (Å²) in [7, 11) is 0. The number of fused-ring (bicyclic) bond motifs is 1. The average molecular weight is 401 g/mol. The van der Waals surface area contributed by atoms with Gasteiger partial charge in [-0.2, -0.15) is 0 Å². The number of benzene rings is 2. The molecule has 2 aromatic carbocycles. The molecule has 1 saturated heterocycles. The number of aryl methyl sites for hydroxylation is 1. The Morgan fingerprint density at radius 1 is 1.14 bits per heavy atom. The molecule has 1 amide bonds. The van der Waals surface area contributed by atoms with Crippen molar-refractivity contribution in [2.24, 2.45) is 0 Å². The SMILES string of the molecule is Cc1cc(Cl)ccc1NC(=O)CN1CCC[C@@H]1c1ccc2c(c1)OCCCO2. The number of hydrogen-bond acceptors (Lipinski definition) is 4. The molecule has 1 fully saturated rings. The van der Waals surface area contributed by atoms with Gasteiger partial charge in [-0.25, -0.2) is 0 Å². The maximum atomic E-state index is 12.6. The number of ether oxygens (including phenoxy) is 2. The summed E-state index contributed by atoms with van der Waals surface area (Å²) in [4.78, 5) is 14.9. The normalized spacial score (nSPS) is 19.3. The molecule has 1 N–H and O–H groups in total. The van der Waals surface area contributed by atoms with Crippen LogP contribution in [0.4, 0.5) is 5.69 Å². The monoisotopic (exact) mass is 400 g/mol. The Balaban J connectivity index is 1.45. The van der Waals surface area contributed by atoms with Gasteiger partial charge in [0.05, 0.1) is 19.8 Å². The topological polar surface area (TPSA) is 50.8 Å². The predicted octanol–water partition coefficient (Wildman–Crippen LogP) is 4.59. The molecular formula is C22H25ClN2O3. The van der Waals surface area contributed by atoms with Crippen LogP contribution in [-0.4, -0.2) is 37.1 Å². The van der Waals surface area contributed by atoms with Crippen LogP contribution in [-0.2, 0) is 4.79 Å². The van der Waals surface area contributed by atoms with E-state index in [1.54, 1.807) is 6.07 Å². The van der Waals surface area contributed by atoms with Gasteiger partial charge in [0.25, 0.3) is 0 Å². The van der Waals surface area contributed by atoms with E-state index in [1.165, 1.54) is 5.56 Å². The zero-order valence-electron chi connectivity index (χ0n) is 16.0. The number of carbonyl (C=O) groups is 1. The van der Waals surface area contributed by atoms with E-state index in [0.29, 0.717) is 24.8 Å². The van der Waals surface area contributed by atoms with Gasteiger partial charge >= 0.3 is 0 Å². The van der Waals surface area contributed by atoms with Crippen LogP contribution >= 0.6 is 11.6 Å². The zero-order valence-corrected chi connectivity index (χ0v) is 16.8. The Bertz CT molecular complexity index is 871. The third-order valence-corrected chi connectivity index (χ3v) is 5.56. The van der Waals surface area contributed by atoms with Crippen molar-refractivity contribution < 1.29 is 14.3 Å². The van der Waals surface area contributed by atoms with Crippen molar-refractivity contribution in [3.8, 4) is 11.5 Å². The number of rotatable bonds is 4. The molecule has 2 aliphatic rings. The van der Waals surface area contributed by atoms with Crippen LogP contribution in [0, 0.1) is 6.92 Å². The summed E-state index contributed by atoms with van der Waals surface area (Å²) in [5, 5.41) is 3.68. The zero-order chi connectivity index (χ0) is 19.5. The van der Waals surface area contributed by atoms with E-state index in [4.69, 9.17) is 21.1 Å². The molecule has 28 heavy (non-hydrogen) atoms. The number of nitrogens with one attached hydrogen (secondary N) is 1. The first-order valence-corrected chi connectivity index (χ1v) is 10.2. The van der Waals surface area contributed by atoms with E-state index in [-0.39, 0.29) is 11.9 Å². The van der Waals surface area contributed by atoms with Crippen LogP contribution < -0.4 is 14.8 Å². The van der Waals surface area contributed by atoms with Gasteiger partial charge in [-0.15, -0.1) is 0 Å². The summed E-state index contributed by atoms with van der Waals surface area (Å²) in [6.07, 6.45) is 3.00. The highest BCUT2D eigenvalue weighted by atomic mass is 35.5. The minimum Gasteiger partial charge on any atom is -0.490 e. The van der Waals surface area contributed by atoms with Crippen molar-refractivity contribution in [3.05, 3.63) is 52.5 Å². The van der Waals surface area contributed by atoms with Crippen molar-refractivity contribution >= 4 is 23.2 Å². The van der Waals surface area contributed by atoms with Crippen LogP contribution in [0.15, 0.2) is 36.4 Å². The molecule has 0 aliphatic carbocycles. The molecule has 0 radical (unpaired) electrons. The molecule has 2 aliphatic heterocycles. The summed E-state index contributed by atoms with van der Waals surface area (Å²) in [6, 6.07) is 11.9. The fourth-order valence-electron chi connectivity index (χ4n) is 3.92. The second kappa shape index (κ2) is 8.41. The molecule has 0 spiro atoms. The lowest BCUT2D eigenvalue weighted by Gasteiger charge is -2.25. The Morgan fingerprint density at radius 3 is 2.79 bits per heavy atom. The Kier molecular flexibility index (Phi) is 5.74. The second-order valence-corrected chi connectivity index (χ2v) is 7.83. The fourth-order valence-corrected chi connectivity index (χ4v) is 4.15. The summed E-state index contributed by atoms with van der Waals surface area (Å²) < 4.78 is 11.6.